The molecule has 0 radical (unpaired) electrons. The molecule has 0 aliphatic carbocycles. The normalized spacial score (nSPS) is 11.8. The van der Waals surface area contributed by atoms with Crippen LogP contribution in [0.2, 0.25) is 0 Å². The average Bonchev–Trinajstić information content (AvgIpc) is 2.22. The minimum Gasteiger partial charge on any atom is -0.506 e. The Morgan fingerprint density at radius 2 is 2.12 bits per heavy atom. The molecule has 0 aromatic heterocycles. The van der Waals surface area contributed by atoms with Gasteiger partial charge in [-0.3, -0.25) is 0 Å². The highest BCUT2D eigenvalue weighted by Crippen LogP contribution is 2.36. The van der Waals surface area contributed by atoms with Crippen LogP contribution in [-0.2, 0) is 0 Å². The van der Waals surface area contributed by atoms with E-state index in [-0.39, 0.29) is 24.2 Å². The van der Waals surface area contributed by atoms with E-state index in [1.54, 1.807) is 19.2 Å². The molecule has 0 aliphatic heterocycles. The quantitative estimate of drug-likeness (QED) is 0.896. The topological polar surface area (TPSA) is 55.5 Å². The molecule has 1 aromatic rings. The number of ether oxygens (including phenoxy) is 1. The van der Waals surface area contributed by atoms with Crippen molar-refractivity contribution in [3.8, 4) is 11.5 Å². The zero-order valence-corrected chi connectivity index (χ0v) is 11.8. The number of aromatic hydroxyl groups is 1. The minimum atomic E-state index is -0.151. The summed E-state index contributed by atoms with van der Waals surface area (Å²) in [5.41, 5.74) is 6.69. The maximum absolute atomic E-state index is 9.83. The second-order valence-electron chi connectivity index (χ2n) is 3.44. The molecule has 1 rings (SSSR count). The number of hydrogen-bond acceptors (Lipinski definition) is 3. The third-order valence-electron chi connectivity index (χ3n) is 2.30. The van der Waals surface area contributed by atoms with Crippen molar-refractivity contribution in [3.05, 3.63) is 22.2 Å². The van der Waals surface area contributed by atoms with Crippen LogP contribution in [-0.4, -0.2) is 12.2 Å². The predicted octanol–water partition coefficient (Wildman–Crippen LogP) is 3.39. The van der Waals surface area contributed by atoms with E-state index in [4.69, 9.17) is 10.5 Å². The van der Waals surface area contributed by atoms with Gasteiger partial charge in [0.2, 0.25) is 0 Å². The lowest BCUT2D eigenvalue weighted by molar-refractivity contribution is 0.407. The molecule has 0 heterocycles. The van der Waals surface area contributed by atoms with Gasteiger partial charge in [0.15, 0.2) is 0 Å². The fourth-order valence-electron chi connectivity index (χ4n) is 1.46. The van der Waals surface area contributed by atoms with E-state index in [0.717, 1.165) is 18.4 Å². The van der Waals surface area contributed by atoms with Gasteiger partial charge >= 0.3 is 0 Å². The van der Waals surface area contributed by atoms with Crippen molar-refractivity contribution in [2.75, 3.05) is 7.11 Å². The Morgan fingerprint density at radius 1 is 1.50 bits per heavy atom. The summed E-state index contributed by atoms with van der Waals surface area (Å²) in [6, 6.07) is 3.35. The lowest BCUT2D eigenvalue weighted by Gasteiger charge is -2.15. The Balaban J connectivity index is 0.00000225. The lowest BCUT2D eigenvalue weighted by Crippen LogP contribution is -2.10. The van der Waals surface area contributed by atoms with Gasteiger partial charge in [-0.25, -0.2) is 0 Å². The van der Waals surface area contributed by atoms with E-state index < -0.39 is 0 Å². The molecular weight excluding hydrogens is 293 g/mol. The van der Waals surface area contributed by atoms with Gasteiger partial charge in [-0.1, -0.05) is 13.3 Å². The molecular formula is C11H17BrClNO2. The van der Waals surface area contributed by atoms with Gasteiger partial charge in [-0.05, 0) is 34.5 Å². The standard InChI is InChI=1S/C11H16BrNO2.ClH/c1-3-4-10(13)8-5-7(15-2)6-9(12)11(8)14;/h5-6,10,14H,3-4,13H2,1-2H3;1H/t10-;/m0./s1. The fourth-order valence-corrected chi connectivity index (χ4v) is 1.92. The second-order valence-corrected chi connectivity index (χ2v) is 4.30. The van der Waals surface area contributed by atoms with Crippen molar-refractivity contribution in [2.24, 2.45) is 5.73 Å². The van der Waals surface area contributed by atoms with E-state index in [1.165, 1.54) is 0 Å². The SMILES string of the molecule is CCC[C@H](N)c1cc(OC)cc(Br)c1O.Cl. The molecule has 0 amide bonds. The summed E-state index contributed by atoms with van der Waals surface area (Å²) in [6.07, 6.45) is 1.82. The summed E-state index contributed by atoms with van der Waals surface area (Å²) >= 11 is 3.27. The van der Waals surface area contributed by atoms with E-state index >= 15 is 0 Å². The summed E-state index contributed by atoms with van der Waals surface area (Å²) in [5.74, 6) is 0.901. The molecule has 0 fully saturated rings. The van der Waals surface area contributed by atoms with Crippen LogP contribution < -0.4 is 10.5 Å². The van der Waals surface area contributed by atoms with Crippen molar-refractivity contribution < 1.29 is 9.84 Å². The highest BCUT2D eigenvalue weighted by atomic mass is 79.9. The summed E-state index contributed by atoms with van der Waals surface area (Å²) in [4.78, 5) is 0. The van der Waals surface area contributed by atoms with Gasteiger partial charge in [0.05, 0.1) is 11.6 Å². The number of halogens is 2. The maximum Gasteiger partial charge on any atom is 0.134 e. The van der Waals surface area contributed by atoms with Crippen molar-refractivity contribution >= 4 is 28.3 Å². The number of methoxy groups -OCH3 is 1. The van der Waals surface area contributed by atoms with Gasteiger partial charge in [0.25, 0.3) is 0 Å². The minimum absolute atomic E-state index is 0. The fraction of sp³-hybridized carbons (Fsp3) is 0.455. The number of rotatable bonds is 4. The van der Waals surface area contributed by atoms with Crippen LogP contribution >= 0.6 is 28.3 Å². The van der Waals surface area contributed by atoms with Crippen LogP contribution in [0.25, 0.3) is 0 Å². The van der Waals surface area contributed by atoms with Crippen LogP contribution in [0.5, 0.6) is 11.5 Å². The maximum atomic E-state index is 9.83. The third-order valence-corrected chi connectivity index (χ3v) is 2.91. The van der Waals surface area contributed by atoms with Crippen molar-refractivity contribution in [1.82, 2.24) is 0 Å². The molecule has 0 spiro atoms. The molecule has 3 N–H and O–H groups in total. The molecule has 1 atom stereocenters. The van der Waals surface area contributed by atoms with Crippen LogP contribution in [0.4, 0.5) is 0 Å². The molecule has 1 aromatic carbocycles. The van der Waals surface area contributed by atoms with Crippen LogP contribution in [0.1, 0.15) is 31.4 Å². The monoisotopic (exact) mass is 309 g/mol. The molecule has 0 saturated heterocycles. The Labute approximate surface area is 111 Å². The zero-order chi connectivity index (χ0) is 11.4. The molecule has 3 nitrogen and oxygen atoms in total. The summed E-state index contributed by atoms with van der Waals surface area (Å²) in [5, 5.41) is 9.83. The van der Waals surface area contributed by atoms with Crippen molar-refractivity contribution in [1.29, 1.82) is 0 Å². The molecule has 0 bridgehead atoms. The average molecular weight is 311 g/mol. The predicted molar refractivity (Wildman–Crippen MR) is 71.4 cm³/mol. The Bertz CT molecular complexity index is 347. The molecule has 0 saturated carbocycles. The number of phenols is 1. The van der Waals surface area contributed by atoms with Crippen LogP contribution in [0.15, 0.2) is 16.6 Å². The first kappa shape index (κ1) is 15.5. The van der Waals surface area contributed by atoms with Crippen LogP contribution in [0.3, 0.4) is 0 Å². The first-order chi connectivity index (χ1) is 7.10. The van der Waals surface area contributed by atoms with Gasteiger partial charge in [-0.2, -0.15) is 0 Å². The van der Waals surface area contributed by atoms with Gasteiger partial charge in [0.1, 0.15) is 11.5 Å². The number of phenolic OH excluding ortho intramolecular Hbond substituents is 1. The third kappa shape index (κ3) is 3.54. The molecule has 92 valence electrons. The van der Waals surface area contributed by atoms with Crippen LogP contribution in [0, 0.1) is 0 Å². The number of benzene rings is 1. The van der Waals surface area contributed by atoms with Gasteiger partial charge in [0, 0.05) is 11.6 Å². The number of nitrogens with two attached hydrogens (primary N) is 1. The van der Waals surface area contributed by atoms with E-state index in [9.17, 15) is 5.11 Å². The first-order valence-corrected chi connectivity index (χ1v) is 5.71. The summed E-state index contributed by atoms with van der Waals surface area (Å²) in [6.45, 7) is 2.06. The van der Waals surface area contributed by atoms with Gasteiger partial charge < -0.3 is 15.6 Å². The van der Waals surface area contributed by atoms with E-state index in [2.05, 4.69) is 22.9 Å². The lowest BCUT2D eigenvalue weighted by atomic mass is 10.0. The highest BCUT2D eigenvalue weighted by Gasteiger charge is 2.14. The Kier molecular flexibility index (Phi) is 6.79. The molecule has 5 heteroatoms. The van der Waals surface area contributed by atoms with E-state index in [1.807, 2.05) is 0 Å². The largest absolute Gasteiger partial charge is 0.506 e. The van der Waals surface area contributed by atoms with Crippen molar-refractivity contribution in [2.45, 2.75) is 25.8 Å². The van der Waals surface area contributed by atoms with Crippen molar-refractivity contribution in [3.63, 3.8) is 0 Å². The summed E-state index contributed by atoms with van der Waals surface area (Å²) in [7, 11) is 1.59. The Morgan fingerprint density at radius 3 is 2.62 bits per heavy atom. The highest BCUT2D eigenvalue weighted by molar-refractivity contribution is 9.10. The second kappa shape index (κ2) is 6.99. The molecule has 0 aliphatic rings. The number of hydrogen-bond donors (Lipinski definition) is 2. The molecule has 16 heavy (non-hydrogen) atoms. The van der Waals surface area contributed by atoms with Gasteiger partial charge in [-0.15, -0.1) is 12.4 Å². The molecule has 0 unspecified atom stereocenters. The van der Waals surface area contributed by atoms with E-state index in [0.29, 0.717) is 10.2 Å². The first-order valence-electron chi connectivity index (χ1n) is 4.92. The Hall–Kier alpha value is -0.450. The zero-order valence-electron chi connectivity index (χ0n) is 9.37. The smallest absolute Gasteiger partial charge is 0.134 e. The summed E-state index contributed by atoms with van der Waals surface area (Å²) < 4.78 is 5.74.